The number of aliphatic hydroxyl groups excluding tert-OH is 1. The zero-order chi connectivity index (χ0) is 10.2. The number of aliphatic hydroxyl groups is 1. The summed E-state index contributed by atoms with van der Waals surface area (Å²) < 4.78 is 4.98. The van der Waals surface area contributed by atoms with E-state index in [1.165, 1.54) is 12.8 Å². The fraction of sp³-hybridized carbons (Fsp3) is 1.00. The lowest BCUT2D eigenvalue weighted by Crippen LogP contribution is -2.42. The average molecular weight is 201 g/mol. The van der Waals surface area contributed by atoms with Crippen molar-refractivity contribution in [1.82, 2.24) is 5.32 Å². The highest BCUT2D eigenvalue weighted by atomic mass is 16.5. The van der Waals surface area contributed by atoms with Gasteiger partial charge < -0.3 is 15.2 Å². The molecule has 0 saturated heterocycles. The van der Waals surface area contributed by atoms with Crippen LogP contribution >= 0.6 is 0 Å². The predicted molar refractivity (Wildman–Crippen MR) is 57.4 cm³/mol. The maximum absolute atomic E-state index is 9.68. The fourth-order valence-corrected chi connectivity index (χ4v) is 2.01. The van der Waals surface area contributed by atoms with Crippen LogP contribution in [0.25, 0.3) is 0 Å². The average Bonchev–Trinajstić information content (AvgIpc) is 2.20. The van der Waals surface area contributed by atoms with Crippen molar-refractivity contribution in [3.05, 3.63) is 0 Å². The number of methoxy groups -OCH3 is 1. The lowest BCUT2D eigenvalue weighted by atomic mass is 9.92. The molecule has 1 rings (SSSR count). The van der Waals surface area contributed by atoms with Crippen molar-refractivity contribution in [2.45, 2.75) is 50.7 Å². The lowest BCUT2D eigenvalue weighted by Gasteiger charge is -2.28. The Morgan fingerprint density at radius 1 is 1.29 bits per heavy atom. The molecule has 0 aromatic heterocycles. The molecule has 0 spiro atoms. The third-order valence-corrected chi connectivity index (χ3v) is 2.91. The molecule has 2 N–H and O–H groups in total. The van der Waals surface area contributed by atoms with Crippen LogP contribution in [0.4, 0.5) is 0 Å². The summed E-state index contributed by atoms with van der Waals surface area (Å²) in [6.45, 7) is 1.85. The molecule has 1 fully saturated rings. The standard InChI is InChI=1S/C11H23NO2/c1-14-9-5-4-8-12-10-6-2-3-7-11(10)13/h10-13H,2-9H2,1H3. The molecule has 2 unspecified atom stereocenters. The predicted octanol–water partition coefficient (Wildman–Crippen LogP) is 1.31. The van der Waals surface area contributed by atoms with E-state index in [0.717, 1.165) is 38.8 Å². The van der Waals surface area contributed by atoms with Crippen LogP contribution in [-0.2, 0) is 4.74 Å². The van der Waals surface area contributed by atoms with Crippen molar-refractivity contribution in [2.24, 2.45) is 0 Å². The van der Waals surface area contributed by atoms with E-state index in [2.05, 4.69) is 5.32 Å². The molecule has 0 aromatic carbocycles. The number of hydrogen-bond acceptors (Lipinski definition) is 3. The largest absolute Gasteiger partial charge is 0.392 e. The molecule has 0 amide bonds. The molecule has 1 aliphatic rings. The Hall–Kier alpha value is -0.120. The van der Waals surface area contributed by atoms with Crippen molar-refractivity contribution in [3.63, 3.8) is 0 Å². The van der Waals surface area contributed by atoms with Crippen LogP contribution < -0.4 is 5.32 Å². The highest BCUT2D eigenvalue weighted by Crippen LogP contribution is 2.18. The monoisotopic (exact) mass is 201 g/mol. The van der Waals surface area contributed by atoms with Gasteiger partial charge in [-0.05, 0) is 32.2 Å². The van der Waals surface area contributed by atoms with E-state index in [9.17, 15) is 5.11 Å². The first-order chi connectivity index (χ1) is 6.84. The highest BCUT2D eigenvalue weighted by Gasteiger charge is 2.21. The first-order valence-corrected chi connectivity index (χ1v) is 5.75. The summed E-state index contributed by atoms with van der Waals surface area (Å²) >= 11 is 0. The third-order valence-electron chi connectivity index (χ3n) is 2.91. The van der Waals surface area contributed by atoms with Gasteiger partial charge in [0.1, 0.15) is 0 Å². The topological polar surface area (TPSA) is 41.5 Å². The van der Waals surface area contributed by atoms with Gasteiger partial charge in [-0.3, -0.25) is 0 Å². The lowest BCUT2D eigenvalue weighted by molar-refractivity contribution is 0.0905. The third kappa shape index (κ3) is 4.40. The molecular weight excluding hydrogens is 178 g/mol. The van der Waals surface area contributed by atoms with Gasteiger partial charge in [0.15, 0.2) is 0 Å². The molecule has 14 heavy (non-hydrogen) atoms. The summed E-state index contributed by atoms with van der Waals surface area (Å²) in [7, 11) is 1.73. The van der Waals surface area contributed by atoms with Crippen LogP contribution in [0.3, 0.4) is 0 Å². The van der Waals surface area contributed by atoms with E-state index in [1.807, 2.05) is 0 Å². The Morgan fingerprint density at radius 3 is 2.79 bits per heavy atom. The van der Waals surface area contributed by atoms with E-state index >= 15 is 0 Å². The minimum Gasteiger partial charge on any atom is -0.392 e. The molecule has 0 aromatic rings. The summed E-state index contributed by atoms with van der Waals surface area (Å²) in [6.07, 6.45) is 6.66. The van der Waals surface area contributed by atoms with Crippen molar-refractivity contribution in [2.75, 3.05) is 20.3 Å². The normalized spacial score (nSPS) is 27.9. The second kappa shape index (κ2) is 7.21. The Morgan fingerprint density at radius 2 is 2.07 bits per heavy atom. The van der Waals surface area contributed by atoms with E-state index in [-0.39, 0.29) is 6.10 Å². The zero-order valence-electron chi connectivity index (χ0n) is 9.17. The summed E-state index contributed by atoms with van der Waals surface area (Å²) in [5.74, 6) is 0. The van der Waals surface area contributed by atoms with Gasteiger partial charge in [0.2, 0.25) is 0 Å². The van der Waals surface area contributed by atoms with E-state index in [1.54, 1.807) is 7.11 Å². The van der Waals surface area contributed by atoms with Gasteiger partial charge in [-0.1, -0.05) is 12.8 Å². The molecule has 0 heterocycles. The molecule has 1 aliphatic carbocycles. The fourth-order valence-electron chi connectivity index (χ4n) is 2.01. The Kier molecular flexibility index (Phi) is 6.15. The molecule has 0 aliphatic heterocycles. The van der Waals surface area contributed by atoms with Gasteiger partial charge in [-0.15, -0.1) is 0 Å². The number of ether oxygens (including phenoxy) is 1. The SMILES string of the molecule is COCCCCNC1CCCCC1O. The summed E-state index contributed by atoms with van der Waals surface area (Å²) in [5.41, 5.74) is 0. The minimum atomic E-state index is -0.119. The smallest absolute Gasteiger partial charge is 0.0693 e. The Bertz CT molecular complexity index is 141. The van der Waals surface area contributed by atoms with Crippen molar-refractivity contribution in [1.29, 1.82) is 0 Å². The first-order valence-electron chi connectivity index (χ1n) is 5.75. The molecule has 84 valence electrons. The zero-order valence-corrected chi connectivity index (χ0v) is 9.17. The summed E-state index contributed by atoms with van der Waals surface area (Å²) in [4.78, 5) is 0. The number of rotatable bonds is 6. The van der Waals surface area contributed by atoms with Gasteiger partial charge >= 0.3 is 0 Å². The van der Waals surface area contributed by atoms with Crippen LogP contribution in [0, 0.1) is 0 Å². The quantitative estimate of drug-likeness (QED) is 0.637. The second-order valence-electron chi connectivity index (χ2n) is 4.11. The van der Waals surface area contributed by atoms with Gasteiger partial charge in [0.25, 0.3) is 0 Å². The van der Waals surface area contributed by atoms with Crippen LogP contribution in [-0.4, -0.2) is 37.5 Å². The van der Waals surface area contributed by atoms with E-state index in [4.69, 9.17) is 4.74 Å². The van der Waals surface area contributed by atoms with Crippen LogP contribution in [0.1, 0.15) is 38.5 Å². The molecular formula is C11H23NO2. The van der Waals surface area contributed by atoms with E-state index < -0.39 is 0 Å². The molecule has 3 nitrogen and oxygen atoms in total. The van der Waals surface area contributed by atoms with Crippen molar-refractivity contribution in [3.8, 4) is 0 Å². The van der Waals surface area contributed by atoms with Gasteiger partial charge in [-0.25, -0.2) is 0 Å². The van der Waals surface area contributed by atoms with Gasteiger partial charge in [0, 0.05) is 19.8 Å². The molecule has 0 radical (unpaired) electrons. The van der Waals surface area contributed by atoms with Crippen LogP contribution in [0.15, 0.2) is 0 Å². The summed E-state index contributed by atoms with van der Waals surface area (Å²) in [5, 5.41) is 13.1. The second-order valence-corrected chi connectivity index (χ2v) is 4.11. The molecule has 2 atom stereocenters. The van der Waals surface area contributed by atoms with Gasteiger partial charge in [0.05, 0.1) is 6.10 Å². The highest BCUT2D eigenvalue weighted by molar-refractivity contribution is 4.79. The Labute approximate surface area is 86.8 Å². The first kappa shape index (κ1) is 12.0. The van der Waals surface area contributed by atoms with E-state index in [0.29, 0.717) is 6.04 Å². The number of hydrogen-bond donors (Lipinski definition) is 2. The van der Waals surface area contributed by atoms with Crippen molar-refractivity contribution < 1.29 is 9.84 Å². The molecule has 3 heteroatoms. The molecule has 1 saturated carbocycles. The molecule has 0 bridgehead atoms. The number of unbranched alkanes of at least 4 members (excludes halogenated alkanes) is 1. The van der Waals surface area contributed by atoms with Crippen LogP contribution in [0.5, 0.6) is 0 Å². The van der Waals surface area contributed by atoms with Crippen LogP contribution in [0.2, 0.25) is 0 Å². The maximum Gasteiger partial charge on any atom is 0.0693 e. The van der Waals surface area contributed by atoms with Crippen molar-refractivity contribution >= 4 is 0 Å². The Balaban J connectivity index is 1.99. The van der Waals surface area contributed by atoms with Gasteiger partial charge in [-0.2, -0.15) is 0 Å². The minimum absolute atomic E-state index is 0.119. The number of nitrogens with one attached hydrogen (secondary N) is 1. The summed E-state index contributed by atoms with van der Waals surface area (Å²) in [6, 6.07) is 0.339. The maximum atomic E-state index is 9.68.